The molecule has 0 spiro atoms. The lowest BCUT2D eigenvalue weighted by atomic mass is 9.70. The minimum atomic E-state index is -1.23. The van der Waals surface area contributed by atoms with Crippen LogP contribution in [0.1, 0.15) is 49.3 Å². The van der Waals surface area contributed by atoms with Gasteiger partial charge in [-0.25, -0.2) is 0 Å². The van der Waals surface area contributed by atoms with Gasteiger partial charge in [0.25, 0.3) is 0 Å². The minimum absolute atomic E-state index is 0.0433. The number of nitrogens with one attached hydrogen (secondary N) is 1. The Balaban J connectivity index is 1.76. The van der Waals surface area contributed by atoms with Crippen molar-refractivity contribution in [2.45, 2.75) is 51.0 Å². The van der Waals surface area contributed by atoms with Crippen molar-refractivity contribution in [2.24, 2.45) is 0 Å². The van der Waals surface area contributed by atoms with Crippen LogP contribution in [0.2, 0.25) is 0 Å². The van der Waals surface area contributed by atoms with E-state index in [2.05, 4.69) is 11.4 Å². The third-order valence-corrected chi connectivity index (χ3v) is 5.10. The highest BCUT2D eigenvalue weighted by Crippen LogP contribution is 2.37. The summed E-state index contributed by atoms with van der Waals surface area (Å²) in [4.78, 5) is 12.9. The molecule has 1 amide bonds. The van der Waals surface area contributed by atoms with E-state index in [9.17, 15) is 9.90 Å². The number of carbonyl (C=O) groups is 1. The molecule has 4 heteroatoms. The molecule has 1 aromatic carbocycles. The minimum Gasteiger partial charge on any atom is -0.463 e. The molecule has 0 aliphatic heterocycles. The van der Waals surface area contributed by atoms with Gasteiger partial charge in [-0.1, -0.05) is 24.3 Å². The van der Waals surface area contributed by atoms with Crippen LogP contribution in [0.5, 0.6) is 0 Å². The highest BCUT2D eigenvalue weighted by atomic mass is 16.4. The molecule has 4 nitrogen and oxygen atoms in total. The van der Waals surface area contributed by atoms with E-state index < -0.39 is 11.0 Å². The summed E-state index contributed by atoms with van der Waals surface area (Å²) in [5.41, 5.74) is 0.565. The number of amides is 1. The average molecular weight is 327 g/mol. The number of hydrogen-bond acceptors (Lipinski definition) is 3. The number of rotatable bonds is 4. The predicted molar refractivity (Wildman–Crippen MR) is 92.8 cm³/mol. The predicted octanol–water partition coefficient (Wildman–Crippen LogP) is 3.21. The first kappa shape index (κ1) is 16.8. The van der Waals surface area contributed by atoms with Gasteiger partial charge in [0.1, 0.15) is 17.1 Å². The van der Waals surface area contributed by atoms with Crippen molar-refractivity contribution in [3.63, 3.8) is 0 Å². The topological polar surface area (TPSA) is 62.5 Å². The van der Waals surface area contributed by atoms with Crippen molar-refractivity contribution in [1.82, 2.24) is 5.32 Å². The van der Waals surface area contributed by atoms with E-state index in [1.165, 1.54) is 5.56 Å². The van der Waals surface area contributed by atoms with Gasteiger partial charge in [-0.05, 0) is 63.3 Å². The monoisotopic (exact) mass is 327 g/mol. The van der Waals surface area contributed by atoms with Gasteiger partial charge in [0.2, 0.25) is 5.91 Å². The molecule has 3 rings (SSSR count). The van der Waals surface area contributed by atoms with E-state index in [1.807, 2.05) is 38.1 Å². The van der Waals surface area contributed by atoms with Crippen LogP contribution in [-0.4, -0.2) is 17.6 Å². The molecule has 2 N–H and O–H groups in total. The number of carbonyl (C=O) groups excluding carboxylic acids is 1. The van der Waals surface area contributed by atoms with Crippen LogP contribution < -0.4 is 5.32 Å². The molecule has 128 valence electrons. The number of benzene rings is 1. The summed E-state index contributed by atoms with van der Waals surface area (Å²) in [5, 5.41) is 13.5. The van der Waals surface area contributed by atoms with E-state index in [0.717, 1.165) is 30.6 Å². The quantitative estimate of drug-likeness (QED) is 0.906. The fraction of sp³-hybridized carbons (Fsp3) is 0.450. The summed E-state index contributed by atoms with van der Waals surface area (Å²) in [7, 11) is 0. The van der Waals surface area contributed by atoms with Crippen LogP contribution >= 0.6 is 0 Å². The Labute approximate surface area is 142 Å². The van der Waals surface area contributed by atoms with Gasteiger partial charge in [-0.3, -0.25) is 4.79 Å². The molecular weight excluding hydrogens is 302 g/mol. The van der Waals surface area contributed by atoms with Gasteiger partial charge in [-0.2, -0.15) is 0 Å². The summed E-state index contributed by atoms with van der Waals surface area (Å²) >= 11 is 0. The molecule has 0 fully saturated rings. The zero-order chi connectivity index (χ0) is 17.4. The summed E-state index contributed by atoms with van der Waals surface area (Å²) in [6.45, 7) is 5.60. The molecule has 2 aromatic rings. The third kappa shape index (κ3) is 2.98. The molecule has 0 saturated carbocycles. The highest BCUT2D eigenvalue weighted by molar-refractivity contribution is 5.88. The van der Waals surface area contributed by atoms with Crippen LogP contribution in [0, 0.1) is 6.92 Å². The van der Waals surface area contributed by atoms with Crippen molar-refractivity contribution in [3.05, 3.63) is 59.0 Å². The Morgan fingerprint density at radius 1 is 1.33 bits per heavy atom. The molecule has 24 heavy (non-hydrogen) atoms. The van der Waals surface area contributed by atoms with Crippen molar-refractivity contribution < 1.29 is 14.3 Å². The Bertz CT molecular complexity index is 747. The number of aryl methyl sites for hydroxylation is 2. The third-order valence-electron chi connectivity index (χ3n) is 5.10. The molecule has 1 aromatic heterocycles. The van der Waals surface area contributed by atoms with Crippen molar-refractivity contribution in [3.8, 4) is 0 Å². The van der Waals surface area contributed by atoms with Gasteiger partial charge in [0, 0.05) is 0 Å². The molecular formula is C20H25NO3. The Kier molecular flexibility index (Phi) is 4.26. The average Bonchev–Trinajstić information content (AvgIpc) is 3.00. The van der Waals surface area contributed by atoms with Gasteiger partial charge in [0.15, 0.2) is 0 Å². The lowest BCUT2D eigenvalue weighted by Gasteiger charge is -2.35. The zero-order valence-electron chi connectivity index (χ0n) is 14.6. The van der Waals surface area contributed by atoms with E-state index in [-0.39, 0.29) is 12.5 Å². The van der Waals surface area contributed by atoms with Crippen molar-refractivity contribution >= 4 is 5.91 Å². The second-order valence-corrected chi connectivity index (χ2v) is 7.21. The first-order valence-corrected chi connectivity index (χ1v) is 8.49. The fourth-order valence-electron chi connectivity index (χ4n) is 3.54. The SMILES string of the molecule is Cc1ccc(C(C)(O)CNC(=O)C2(C)CCCc3ccccc32)o1. The Morgan fingerprint density at radius 2 is 2.08 bits per heavy atom. The number of furan rings is 1. The van der Waals surface area contributed by atoms with Crippen LogP contribution in [0.3, 0.4) is 0 Å². The lowest BCUT2D eigenvalue weighted by molar-refractivity contribution is -0.128. The van der Waals surface area contributed by atoms with E-state index >= 15 is 0 Å². The molecule has 1 aliphatic rings. The van der Waals surface area contributed by atoms with Crippen molar-refractivity contribution in [2.75, 3.05) is 6.54 Å². The maximum absolute atomic E-state index is 12.9. The van der Waals surface area contributed by atoms with E-state index in [4.69, 9.17) is 4.42 Å². The largest absolute Gasteiger partial charge is 0.463 e. The van der Waals surface area contributed by atoms with E-state index in [0.29, 0.717) is 5.76 Å². The van der Waals surface area contributed by atoms with Gasteiger partial charge < -0.3 is 14.8 Å². The molecule has 0 radical (unpaired) electrons. The molecule has 2 unspecified atom stereocenters. The maximum atomic E-state index is 12.9. The normalized spacial score (nSPS) is 22.5. The zero-order valence-corrected chi connectivity index (χ0v) is 14.6. The van der Waals surface area contributed by atoms with Gasteiger partial charge in [0.05, 0.1) is 12.0 Å². The first-order valence-electron chi connectivity index (χ1n) is 8.49. The Hall–Kier alpha value is -2.07. The number of fused-ring (bicyclic) bond motifs is 1. The van der Waals surface area contributed by atoms with Crippen LogP contribution in [0.15, 0.2) is 40.8 Å². The van der Waals surface area contributed by atoms with Crippen LogP contribution in [0.4, 0.5) is 0 Å². The molecule has 2 atom stereocenters. The second-order valence-electron chi connectivity index (χ2n) is 7.21. The summed E-state index contributed by atoms with van der Waals surface area (Å²) in [5.74, 6) is 1.16. The summed E-state index contributed by atoms with van der Waals surface area (Å²) in [6, 6.07) is 11.7. The maximum Gasteiger partial charge on any atom is 0.230 e. The highest BCUT2D eigenvalue weighted by Gasteiger charge is 2.39. The summed E-state index contributed by atoms with van der Waals surface area (Å²) in [6.07, 6.45) is 2.83. The van der Waals surface area contributed by atoms with Crippen LogP contribution in [0.25, 0.3) is 0 Å². The van der Waals surface area contributed by atoms with Crippen LogP contribution in [-0.2, 0) is 22.2 Å². The molecule has 0 bridgehead atoms. The summed E-state index contributed by atoms with van der Waals surface area (Å²) < 4.78 is 5.51. The smallest absolute Gasteiger partial charge is 0.230 e. The lowest BCUT2D eigenvalue weighted by Crippen LogP contribution is -2.48. The van der Waals surface area contributed by atoms with E-state index in [1.54, 1.807) is 13.0 Å². The standard InChI is InChI=1S/C20H25NO3/c1-14-10-11-17(24-14)20(3,23)13-21-18(22)19(2)12-6-8-15-7-4-5-9-16(15)19/h4-5,7,9-11,23H,6,8,12-13H2,1-3H3,(H,21,22). The molecule has 0 saturated heterocycles. The van der Waals surface area contributed by atoms with Gasteiger partial charge >= 0.3 is 0 Å². The van der Waals surface area contributed by atoms with Crippen molar-refractivity contribution in [1.29, 1.82) is 0 Å². The molecule has 1 aliphatic carbocycles. The molecule has 1 heterocycles. The fourth-order valence-corrected chi connectivity index (χ4v) is 3.54. The first-order chi connectivity index (χ1) is 11.3. The van der Waals surface area contributed by atoms with Gasteiger partial charge in [-0.15, -0.1) is 0 Å². The number of aliphatic hydroxyl groups is 1. The number of hydrogen-bond donors (Lipinski definition) is 2. The Morgan fingerprint density at radius 3 is 2.79 bits per heavy atom. The second kappa shape index (κ2) is 6.10.